The molecule has 1 aliphatic rings. The van der Waals surface area contributed by atoms with Crippen LogP contribution in [0.5, 0.6) is 0 Å². The second-order valence-corrected chi connectivity index (χ2v) is 4.60. The molecule has 0 atom stereocenters. The number of halogens is 1. The van der Waals surface area contributed by atoms with Gasteiger partial charge in [0.25, 0.3) is 0 Å². The summed E-state index contributed by atoms with van der Waals surface area (Å²) in [6.45, 7) is 4.35. The van der Waals surface area contributed by atoms with Gasteiger partial charge in [0.15, 0.2) is 0 Å². The maximum Gasteiger partial charge on any atom is 0.0867 e. The molecular formula is C11H13BrN4. The van der Waals surface area contributed by atoms with Crippen LogP contribution in [-0.2, 0) is 0 Å². The fourth-order valence-electron chi connectivity index (χ4n) is 1.87. The number of hydrogen-bond acceptors (Lipinski definition) is 4. The van der Waals surface area contributed by atoms with Gasteiger partial charge in [-0.3, -0.25) is 9.88 Å². The first kappa shape index (κ1) is 11.4. The normalized spacial score (nSPS) is 17.1. The summed E-state index contributed by atoms with van der Waals surface area (Å²) < 4.78 is 1.03. The molecule has 1 aliphatic heterocycles. The van der Waals surface area contributed by atoms with Crippen molar-refractivity contribution in [3.8, 4) is 6.07 Å². The number of nitrogens with zero attached hydrogens (tertiary/aromatic N) is 4. The number of aromatic nitrogens is 1. The molecule has 0 N–H and O–H groups in total. The lowest BCUT2D eigenvalue weighted by Gasteiger charge is -2.35. The molecule has 0 aromatic carbocycles. The third kappa shape index (κ3) is 2.52. The smallest absolute Gasteiger partial charge is 0.0867 e. The number of nitriles is 1. The van der Waals surface area contributed by atoms with Crippen LogP contribution in [0.3, 0.4) is 0 Å². The standard InChI is InChI=1S/C11H13BrN4/c12-10-9-14-3-1-11(10)16-7-5-15(4-2-13)6-8-16/h1,3,9H,4-8H2. The van der Waals surface area contributed by atoms with Gasteiger partial charge in [0.2, 0.25) is 0 Å². The van der Waals surface area contributed by atoms with Crippen molar-refractivity contribution in [2.75, 3.05) is 37.6 Å². The summed E-state index contributed by atoms with van der Waals surface area (Å²) in [7, 11) is 0. The van der Waals surface area contributed by atoms with E-state index in [1.165, 1.54) is 5.69 Å². The van der Waals surface area contributed by atoms with Crippen molar-refractivity contribution in [2.24, 2.45) is 0 Å². The zero-order chi connectivity index (χ0) is 11.4. The van der Waals surface area contributed by atoms with Crippen LogP contribution in [0, 0.1) is 11.3 Å². The first-order valence-corrected chi connectivity index (χ1v) is 6.04. The van der Waals surface area contributed by atoms with Crippen molar-refractivity contribution < 1.29 is 0 Å². The lowest BCUT2D eigenvalue weighted by molar-refractivity contribution is 0.287. The molecule has 16 heavy (non-hydrogen) atoms. The molecule has 0 spiro atoms. The van der Waals surface area contributed by atoms with Crippen molar-refractivity contribution in [1.82, 2.24) is 9.88 Å². The summed E-state index contributed by atoms with van der Waals surface area (Å²) in [6.07, 6.45) is 3.62. The summed E-state index contributed by atoms with van der Waals surface area (Å²) in [5, 5.41) is 8.62. The maximum absolute atomic E-state index is 8.62. The Kier molecular flexibility index (Phi) is 3.75. The van der Waals surface area contributed by atoms with Gasteiger partial charge < -0.3 is 4.90 Å². The van der Waals surface area contributed by atoms with E-state index in [1.807, 2.05) is 18.5 Å². The number of rotatable bonds is 2. The molecule has 4 nitrogen and oxygen atoms in total. The van der Waals surface area contributed by atoms with Crippen LogP contribution in [0.25, 0.3) is 0 Å². The fraction of sp³-hybridized carbons (Fsp3) is 0.455. The zero-order valence-corrected chi connectivity index (χ0v) is 10.5. The van der Waals surface area contributed by atoms with Crippen LogP contribution in [0.1, 0.15) is 0 Å². The van der Waals surface area contributed by atoms with Crippen molar-refractivity contribution in [2.45, 2.75) is 0 Å². The number of pyridine rings is 1. The zero-order valence-electron chi connectivity index (χ0n) is 8.93. The Morgan fingerprint density at radius 2 is 2.12 bits per heavy atom. The van der Waals surface area contributed by atoms with E-state index < -0.39 is 0 Å². The molecule has 1 saturated heterocycles. The van der Waals surface area contributed by atoms with Gasteiger partial charge in [-0.2, -0.15) is 5.26 Å². The van der Waals surface area contributed by atoms with Crippen molar-refractivity contribution in [3.05, 3.63) is 22.9 Å². The summed E-state index contributed by atoms with van der Waals surface area (Å²) in [5.41, 5.74) is 1.19. The topological polar surface area (TPSA) is 43.2 Å². The minimum atomic E-state index is 0.533. The van der Waals surface area contributed by atoms with Gasteiger partial charge in [0, 0.05) is 38.6 Å². The summed E-state index contributed by atoms with van der Waals surface area (Å²) in [4.78, 5) is 8.55. The van der Waals surface area contributed by atoms with E-state index in [1.54, 1.807) is 0 Å². The Morgan fingerprint density at radius 1 is 1.38 bits per heavy atom. The second-order valence-electron chi connectivity index (χ2n) is 3.75. The lowest BCUT2D eigenvalue weighted by Crippen LogP contribution is -2.46. The van der Waals surface area contributed by atoms with E-state index in [0.717, 1.165) is 30.7 Å². The minimum Gasteiger partial charge on any atom is -0.368 e. The Labute approximate surface area is 104 Å². The van der Waals surface area contributed by atoms with Crippen molar-refractivity contribution in [3.63, 3.8) is 0 Å². The van der Waals surface area contributed by atoms with E-state index in [4.69, 9.17) is 5.26 Å². The number of hydrogen-bond donors (Lipinski definition) is 0. The molecule has 0 saturated carbocycles. The van der Waals surface area contributed by atoms with E-state index in [2.05, 4.69) is 36.8 Å². The average molecular weight is 281 g/mol. The third-order valence-electron chi connectivity index (χ3n) is 2.76. The number of anilines is 1. The quantitative estimate of drug-likeness (QED) is 0.770. The minimum absolute atomic E-state index is 0.533. The Hall–Kier alpha value is -1.12. The molecule has 2 rings (SSSR count). The largest absolute Gasteiger partial charge is 0.368 e. The van der Waals surface area contributed by atoms with Crippen LogP contribution in [-0.4, -0.2) is 42.6 Å². The molecule has 5 heteroatoms. The molecule has 1 aromatic rings. The molecule has 0 bridgehead atoms. The lowest BCUT2D eigenvalue weighted by atomic mass is 10.2. The van der Waals surface area contributed by atoms with Gasteiger partial charge in [0.1, 0.15) is 0 Å². The molecule has 1 aromatic heterocycles. The van der Waals surface area contributed by atoms with Gasteiger partial charge in [-0.25, -0.2) is 0 Å². The van der Waals surface area contributed by atoms with E-state index in [0.29, 0.717) is 6.54 Å². The van der Waals surface area contributed by atoms with Crippen molar-refractivity contribution in [1.29, 1.82) is 5.26 Å². The first-order chi connectivity index (χ1) is 7.81. The Bertz CT molecular complexity index is 393. The summed E-state index contributed by atoms with van der Waals surface area (Å²) in [5.74, 6) is 0. The monoisotopic (exact) mass is 280 g/mol. The molecule has 0 aliphatic carbocycles. The van der Waals surface area contributed by atoms with Crippen LogP contribution in [0.15, 0.2) is 22.9 Å². The average Bonchev–Trinajstić information content (AvgIpc) is 2.31. The highest BCUT2D eigenvalue weighted by atomic mass is 79.9. The summed E-state index contributed by atoms with van der Waals surface area (Å²) in [6, 6.07) is 4.21. The predicted octanol–water partition coefficient (Wildman–Crippen LogP) is 1.49. The van der Waals surface area contributed by atoms with E-state index in [9.17, 15) is 0 Å². The molecule has 0 amide bonds. The molecular weight excluding hydrogens is 268 g/mol. The Balaban J connectivity index is 2.00. The van der Waals surface area contributed by atoms with Gasteiger partial charge in [-0.1, -0.05) is 0 Å². The maximum atomic E-state index is 8.62. The first-order valence-electron chi connectivity index (χ1n) is 5.25. The molecule has 2 heterocycles. The number of piperazine rings is 1. The second kappa shape index (κ2) is 5.28. The van der Waals surface area contributed by atoms with Gasteiger partial charge in [-0.05, 0) is 22.0 Å². The van der Waals surface area contributed by atoms with Crippen LogP contribution < -0.4 is 4.90 Å². The van der Waals surface area contributed by atoms with E-state index >= 15 is 0 Å². The van der Waals surface area contributed by atoms with Crippen LogP contribution in [0.4, 0.5) is 5.69 Å². The van der Waals surface area contributed by atoms with Gasteiger partial charge in [0.05, 0.1) is 22.8 Å². The molecule has 0 unspecified atom stereocenters. The highest BCUT2D eigenvalue weighted by Gasteiger charge is 2.17. The van der Waals surface area contributed by atoms with Gasteiger partial charge in [-0.15, -0.1) is 0 Å². The SMILES string of the molecule is N#CCN1CCN(c2ccncc2Br)CC1. The molecule has 0 radical (unpaired) electrons. The highest BCUT2D eigenvalue weighted by molar-refractivity contribution is 9.10. The van der Waals surface area contributed by atoms with E-state index in [-0.39, 0.29) is 0 Å². The molecule has 1 fully saturated rings. The highest BCUT2D eigenvalue weighted by Crippen LogP contribution is 2.25. The Morgan fingerprint density at radius 3 is 2.75 bits per heavy atom. The summed E-state index contributed by atoms with van der Waals surface area (Å²) >= 11 is 3.51. The van der Waals surface area contributed by atoms with Crippen molar-refractivity contribution >= 4 is 21.6 Å². The van der Waals surface area contributed by atoms with Crippen LogP contribution in [0.2, 0.25) is 0 Å². The third-order valence-corrected chi connectivity index (χ3v) is 3.37. The van der Waals surface area contributed by atoms with Crippen LogP contribution >= 0.6 is 15.9 Å². The predicted molar refractivity (Wildman–Crippen MR) is 66.2 cm³/mol. The molecule has 84 valence electrons. The fourth-order valence-corrected chi connectivity index (χ4v) is 2.37. The van der Waals surface area contributed by atoms with Gasteiger partial charge >= 0.3 is 0 Å².